The Morgan fingerprint density at radius 3 is 2.55 bits per heavy atom. The van der Waals surface area contributed by atoms with Gasteiger partial charge in [-0.3, -0.25) is 4.79 Å². The molecule has 0 saturated carbocycles. The van der Waals surface area contributed by atoms with Crippen LogP contribution in [0.25, 0.3) is 16.9 Å². The molecule has 0 unspecified atom stereocenters. The average molecular weight is 449 g/mol. The smallest absolute Gasteiger partial charge is 0.307 e. The van der Waals surface area contributed by atoms with Gasteiger partial charge in [0, 0.05) is 17.3 Å². The van der Waals surface area contributed by atoms with Crippen molar-refractivity contribution in [2.24, 2.45) is 5.10 Å². The van der Waals surface area contributed by atoms with Crippen molar-refractivity contribution in [3.63, 3.8) is 0 Å². The number of hydrogen-bond acceptors (Lipinski definition) is 4. The van der Waals surface area contributed by atoms with Crippen LogP contribution in [0.3, 0.4) is 0 Å². The second-order valence-electron chi connectivity index (χ2n) is 6.38. The number of hydrazone groups is 1. The fourth-order valence-electron chi connectivity index (χ4n) is 2.78. The van der Waals surface area contributed by atoms with Gasteiger partial charge in [0.2, 0.25) is 0 Å². The molecular weight excluding hydrogens is 432 g/mol. The Bertz CT molecular complexity index is 1160. The lowest BCUT2D eigenvalue weighted by Gasteiger charge is -2.01. The minimum absolute atomic E-state index is 0.174. The van der Waals surface area contributed by atoms with Gasteiger partial charge < -0.3 is 4.42 Å². The number of furan rings is 1. The first-order chi connectivity index (χ1) is 14.1. The Balaban J connectivity index is 1.64. The monoisotopic (exact) mass is 448 g/mol. The van der Waals surface area contributed by atoms with Gasteiger partial charge in [0.05, 0.1) is 11.9 Å². The summed E-state index contributed by atoms with van der Waals surface area (Å²) < 4.78 is 7.51. The largest absolute Gasteiger partial charge is 0.444 e. The molecule has 2 heterocycles. The number of benzene rings is 2. The maximum Gasteiger partial charge on any atom is 0.307 e. The number of aromatic nitrogens is 2. The molecule has 0 aliphatic rings. The number of halogens is 1. The Hall–Kier alpha value is -3.45. The van der Waals surface area contributed by atoms with E-state index in [0.717, 1.165) is 22.5 Å². The molecule has 4 aromatic rings. The lowest BCUT2D eigenvalue weighted by molar-refractivity contribution is 0.0926. The number of para-hydroxylation sites is 1. The molecule has 0 aliphatic carbocycles. The van der Waals surface area contributed by atoms with Crippen molar-refractivity contribution in [3.05, 3.63) is 94.5 Å². The van der Waals surface area contributed by atoms with Crippen molar-refractivity contribution in [2.45, 2.75) is 6.92 Å². The number of rotatable bonds is 5. The molecule has 0 saturated heterocycles. The predicted molar refractivity (Wildman–Crippen MR) is 115 cm³/mol. The number of carbonyl (C=O) groups is 1. The zero-order valence-corrected chi connectivity index (χ0v) is 17.1. The van der Waals surface area contributed by atoms with E-state index < -0.39 is 5.91 Å². The minimum atomic E-state index is -0.431. The first-order valence-corrected chi connectivity index (χ1v) is 9.70. The highest BCUT2D eigenvalue weighted by molar-refractivity contribution is 9.10. The molecule has 0 atom stereocenters. The second-order valence-corrected chi connectivity index (χ2v) is 7.16. The number of aryl methyl sites for hydroxylation is 1. The van der Waals surface area contributed by atoms with E-state index in [1.165, 1.54) is 5.56 Å². The molecule has 1 N–H and O–H groups in total. The summed E-state index contributed by atoms with van der Waals surface area (Å²) in [7, 11) is 0. The highest BCUT2D eigenvalue weighted by Crippen LogP contribution is 2.23. The number of hydrogen-bond donors (Lipinski definition) is 1. The number of amides is 1. The zero-order valence-electron chi connectivity index (χ0n) is 15.5. The lowest BCUT2D eigenvalue weighted by Crippen LogP contribution is -2.16. The molecule has 6 nitrogen and oxygen atoms in total. The van der Waals surface area contributed by atoms with E-state index in [-0.39, 0.29) is 5.76 Å². The van der Waals surface area contributed by atoms with Crippen molar-refractivity contribution in [3.8, 4) is 16.9 Å². The van der Waals surface area contributed by atoms with Gasteiger partial charge in [-0.05, 0) is 47.1 Å². The summed E-state index contributed by atoms with van der Waals surface area (Å²) in [4.78, 5) is 12.1. The Kier molecular flexibility index (Phi) is 5.39. The Labute approximate surface area is 176 Å². The molecule has 7 heteroatoms. The maximum absolute atomic E-state index is 12.1. The molecule has 0 spiro atoms. The minimum Gasteiger partial charge on any atom is -0.444 e. The quantitative estimate of drug-likeness (QED) is 0.346. The molecule has 144 valence electrons. The van der Waals surface area contributed by atoms with Crippen molar-refractivity contribution in [1.29, 1.82) is 0 Å². The topological polar surface area (TPSA) is 72.4 Å². The van der Waals surface area contributed by atoms with Gasteiger partial charge in [-0.15, -0.1) is 0 Å². The van der Waals surface area contributed by atoms with Gasteiger partial charge in [0.25, 0.3) is 0 Å². The van der Waals surface area contributed by atoms with Crippen LogP contribution in [0.5, 0.6) is 0 Å². The van der Waals surface area contributed by atoms with Gasteiger partial charge in [-0.25, -0.2) is 10.1 Å². The molecule has 29 heavy (non-hydrogen) atoms. The van der Waals surface area contributed by atoms with Crippen molar-refractivity contribution >= 4 is 28.1 Å². The fraction of sp³-hybridized carbons (Fsp3) is 0.0455. The van der Waals surface area contributed by atoms with Gasteiger partial charge in [-0.2, -0.15) is 10.2 Å². The van der Waals surface area contributed by atoms with E-state index in [2.05, 4.69) is 26.5 Å². The van der Waals surface area contributed by atoms with Gasteiger partial charge in [0.15, 0.2) is 10.4 Å². The summed E-state index contributed by atoms with van der Waals surface area (Å²) in [6.45, 7) is 2.04. The van der Waals surface area contributed by atoms with Gasteiger partial charge in [0.1, 0.15) is 5.69 Å². The third kappa shape index (κ3) is 4.35. The Morgan fingerprint density at radius 1 is 1.10 bits per heavy atom. The normalized spacial score (nSPS) is 11.1. The Morgan fingerprint density at radius 2 is 1.86 bits per heavy atom. The average Bonchev–Trinajstić information content (AvgIpc) is 3.36. The van der Waals surface area contributed by atoms with Crippen molar-refractivity contribution in [2.75, 3.05) is 0 Å². The van der Waals surface area contributed by atoms with Crippen LogP contribution in [0.4, 0.5) is 0 Å². The van der Waals surface area contributed by atoms with E-state index >= 15 is 0 Å². The molecule has 0 radical (unpaired) electrons. The summed E-state index contributed by atoms with van der Waals surface area (Å²) in [5, 5.41) is 8.81. The molecule has 1 amide bonds. The van der Waals surface area contributed by atoms with Crippen LogP contribution in [0.15, 0.2) is 87.1 Å². The van der Waals surface area contributed by atoms with Crippen molar-refractivity contribution in [1.82, 2.24) is 15.2 Å². The summed E-state index contributed by atoms with van der Waals surface area (Å²) >= 11 is 3.17. The molecule has 4 rings (SSSR count). The molecular formula is C22H17BrN4O2. The molecule has 0 fully saturated rings. The number of nitrogens with one attached hydrogen (secondary N) is 1. The van der Waals surface area contributed by atoms with Gasteiger partial charge >= 0.3 is 5.91 Å². The molecule has 0 aliphatic heterocycles. The molecule has 2 aromatic heterocycles. The molecule has 2 aromatic carbocycles. The highest BCUT2D eigenvalue weighted by atomic mass is 79.9. The van der Waals surface area contributed by atoms with Gasteiger partial charge in [-0.1, -0.05) is 48.0 Å². The third-order valence-electron chi connectivity index (χ3n) is 4.26. The van der Waals surface area contributed by atoms with E-state index in [1.54, 1.807) is 23.0 Å². The van der Waals surface area contributed by atoms with Crippen LogP contribution in [0.2, 0.25) is 0 Å². The summed E-state index contributed by atoms with van der Waals surface area (Å²) in [5.74, 6) is -0.257. The van der Waals surface area contributed by atoms with E-state index in [0.29, 0.717) is 4.67 Å². The van der Waals surface area contributed by atoms with E-state index in [4.69, 9.17) is 9.52 Å². The molecule has 0 bridgehead atoms. The SMILES string of the molecule is Cc1ccc(-c2nn(-c3ccccc3)cc2/C=N\NC(=O)c2ccc(Br)o2)cc1. The van der Waals surface area contributed by atoms with Crippen LogP contribution >= 0.6 is 15.9 Å². The maximum atomic E-state index is 12.1. The number of nitrogens with zero attached hydrogens (tertiary/aromatic N) is 3. The second kappa shape index (κ2) is 8.28. The first kappa shape index (κ1) is 18.9. The van der Waals surface area contributed by atoms with Crippen LogP contribution in [0.1, 0.15) is 21.7 Å². The zero-order chi connectivity index (χ0) is 20.2. The highest BCUT2D eigenvalue weighted by Gasteiger charge is 2.12. The third-order valence-corrected chi connectivity index (χ3v) is 4.68. The summed E-state index contributed by atoms with van der Waals surface area (Å²) in [6.07, 6.45) is 3.46. The van der Waals surface area contributed by atoms with E-state index in [1.807, 2.05) is 67.7 Å². The van der Waals surface area contributed by atoms with Crippen molar-refractivity contribution < 1.29 is 9.21 Å². The van der Waals surface area contributed by atoms with Crippen LogP contribution in [-0.2, 0) is 0 Å². The van der Waals surface area contributed by atoms with E-state index in [9.17, 15) is 4.79 Å². The number of carbonyl (C=O) groups excluding carboxylic acids is 1. The standard InChI is InChI=1S/C22H17BrN4O2/c1-15-7-9-16(10-8-15)21-17(14-27(26-21)18-5-3-2-4-6-18)13-24-25-22(28)19-11-12-20(23)29-19/h2-14H,1H3,(H,25,28)/b24-13-. The summed E-state index contributed by atoms with van der Waals surface area (Å²) in [5.41, 5.74) is 7.09. The van der Waals surface area contributed by atoms with Crippen LogP contribution < -0.4 is 5.43 Å². The van der Waals surface area contributed by atoms with Crippen LogP contribution in [-0.4, -0.2) is 21.9 Å². The fourth-order valence-corrected chi connectivity index (χ4v) is 3.09. The van der Waals surface area contributed by atoms with Crippen LogP contribution in [0, 0.1) is 6.92 Å². The summed E-state index contributed by atoms with van der Waals surface area (Å²) in [6, 6.07) is 21.1. The lowest BCUT2D eigenvalue weighted by atomic mass is 10.1. The first-order valence-electron chi connectivity index (χ1n) is 8.91. The predicted octanol–water partition coefficient (Wildman–Crippen LogP) is 4.97.